The maximum atomic E-state index is 12.2. The van der Waals surface area contributed by atoms with Gasteiger partial charge in [0.2, 0.25) is 5.88 Å². The van der Waals surface area contributed by atoms with Gasteiger partial charge in [-0.25, -0.2) is 9.78 Å². The van der Waals surface area contributed by atoms with Crippen LogP contribution in [-0.4, -0.2) is 29.5 Å². The van der Waals surface area contributed by atoms with E-state index in [9.17, 15) is 18.4 Å². The van der Waals surface area contributed by atoms with Gasteiger partial charge in [-0.3, -0.25) is 4.79 Å². The molecule has 2 aliphatic rings. The first-order valence-corrected chi connectivity index (χ1v) is 8.52. The van der Waals surface area contributed by atoms with Gasteiger partial charge in [0.15, 0.2) is 5.78 Å². The van der Waals surface area contributed by atoms with Crippen molar-refractivity contribution in [1.82, 2.24) is 15.6 Å². The monoisotopic (exact) mass is 353 g/mol. The lowest BCUT2D eigenvalue weighted by Gasteiger charge is -2.42. The van der Waals surface area contributed by atoms with Gasteiger partial charge < -0.3 is 15.4 Å². The minimum Gasteiger partial charge on any atom is -0.417 e. The summed E-state index contributed by atoms with van der Waals surface area (Å²) >= 11 is 0. The molecule has 1 aromatic rings. The first kappa shape index (κ1) is 17.6. The van der Waals surface area contributed by atoms with Crippen LogP contribution in [0.2, 0.25) is 0 Å². The van der Waals surface area contributed by atoms with Crippen molar-refractivity contribution in [3.05, 3.63) is 23.9 Å². The SMILES string of the molecule is O=C(NCc1ccnc(OC(F)F)c1)N[C@H]1C(=O)[C@@H]2CCCCC[C@H]21. The molecule has 0 spiro atoms. The van der Waals surface area contributed by atoms with Crippen molar-refractivity contribution < 1.29 is 23.1 Å². The van der Waals surface area contributed by atoms with Gasteiger partial charge in [-0.05, 0) is 30.4 Å². The zero-order valence-corrected chi connectivity index (χ0v) is 13.7. The minimum atomic E-state index is -2.95. The number of rotatable bonds is 5. The summed E-state index contributed by atoms with van der Waals surface area (Å²) in [6.45, 7) is -2.82. The highest BCUT2D eigenvalue weighted by Crippen LogP contribution is 2.41. The average Bonchev–Trinajstić information content (AvgIpc) is 2.80. The number of nitrogens with one attached hydrogen (secondary N) is 2. The maximum absolute atomic E-state index is 12.2. The summed E-state index contributed by atoms with van der Waals surface area (Å²) in [4.78, 5) is 27.9. The van der Waals surface area contributed by atoms with Crippen LogP contribution in [0.5, 0.6) is 5.88 Å². The lowest BCUT2D eigenvalue weighted by molar-refractivity contribution is -0.138. The van der Waals surface area contributed by atoms with Crippen LogP contribution in [0.3, 0.4) is 0 Å². The van der Waals surface area contributed by atoms with E-state index >= 15 is 0 Å². The van der Waals surface area contributed by atoms with Crippen LogP contribution in [0, 0.1) is 11.8 Å². The average molecular weight is 353 g/mol. The number of alkyl halides is 2. The third-order valence-corrected chi connectivity index (χ3v) is 4.92. The molecule has 0 radical (unpaired) electrons. The summed E-state index contributed by atoms with van der Waals surface area (Å²) in [5, 5.41) is 5.38. The molecule has 1 heterocycles. The van der Waals surface area contributed by atoms with E-state index in [-0.39, 0.29) is 30.0 Å². The number of hydrogen-bond donors (Lipinski definition) is 2. The van der Waals surface area contributed by atoms with Gasteiger partial charge in [0.05, 0.1) is 6.04 Å². The van der Waals surface area contributed by atoms with E-state index in [1.807, 2.05) is 0 Å². The lowest BCUT2D eigenvalue weighted by Crippen LogP contribution is -2.61. The third-order valence-electron chi connectivity index (χ3n) is 4.92. The van der Waals surface area contributed by atoms with E-state index < -0.39 is 18.7 Å². The number of pyridine rings is 1. The van der Waals surface area contributed by atoms with Crippen LogP contribution in [0.1, 0.15) is 37.7 Å². The third kappa shape index (κ3) is 4.24. The van der Waals surface area contributed by atoms with Crippen molar-refractivity contribution in [1.29, 1.82) is 0 Å². The smallest absolute Gasteiger partial charge is 0.388 e. The van der Waals surface area contributed by atoms with Crippen LogP contribution in [0.4, 0.5) is 13.6 Å². The van der Waals surface area contributed by atoms with Gasteiger partial charge >= 0.3 is 12.6 Å². The molecule has 25 heavy (non-hydrogen) atoms. The fraction of sp³-hybridized carbons (Fsp3) is 0.588. The predicted octanol–water partition coefficient (Wildman–Crippen LogP) is 2.63. The molecule has 2 aliphatic carbocycles. The Balaban J connectivity index is 1.49. The summed E-state index contributed by atoms with van der Waals surface area (Å²) in [6.07, 6.45) is 6.55. The van der Waals surface area contributed by atoms with Crippen molar-refractivity contribution in [2.45, 2.75) is 51.3 Å². The van der Waals surface area contributed by atoms with E-state index in [4.69, 9.17) is 0 Å². The molecule has 1 aromatic heterocycles. The number of ether oxygens (including phenoxy) is 1. The number of Topliss-reactive ketones (excluding diaryl/α,β-unsaturated/α-hetero) is 1. The molecule has 2 fully saturated rings. The molecular weight excluding hydrogens is 332 g/mol. The zero-order valence-electron chi connectivity index (χ0n) is 13.7. The molecule has 2 amide bonds. The van der Waals surface area contributed by atoms with E-state index in [0.717, 1.165) is 32.1 Å². The van der Waals surface area contributed by atoms with Crippen LogP contribution < -0.4 is 15.4 Å². The summed E-state index contributed by atoms with van der Waals surface area (Å²) in [5.41, 5.74) is 0.577. The number of urea groups is 1. The van der Waals surface area contributed by atoms with E-state index in [1.54, 1.807) is 6.07 Å². The highest BCUT2D eigenvalue weighted by Gasteiger charge is 2.49. The molecule has 0 saturated heterocycles. The Hall–Kier alpha value is -2.25. The van der Waals surface area contributed by atoms with Crippen molar-refractivity contribution in [2.75, 3.05) is 0 Å². The number of fused-ring (bicyclic) bond motifs is 1. The molecule has 0 aromatic carbocycles. The van der Waals surface area contributed by atoms with E-state index in [1.165, 1.54) is 12.3 Å². The number of halogens is 2. The predicted molar refractivity (Wildman–Crippen MR) is 85.1 cm³/mol. The summed E-state index contributed by atoms with van der Waals surface area (Å²) in [6, 6.07) is 2.09. The van der Waals surface area contributed by atoms with E-state index in [0.29, 0.717) is 5.56 Å². The van der Waals surface area contributed by atoms with Crippen molar-refractivity contribution >= 4 is 11.8 Å². The van der Waals surface area contributed by atoms with Crippen molar-refractivity contribution in [2.24, 2.45) is 11.8 Å². The molecule has 3 rings (SSSR count). The Morgan fingerprint density at radius 2 is 2.12 bits per heavy atom. The van der Waals surface area contributed by atoms with Gasteiger partial charge in [-0.15, -0.1) is 0 Å². The summed E-state index contributed by atoms with van der Waals surface area (Å²) in [7, 11) is 0. The molecule has 3 atom stereocenters. The first-order valence-electron chi connectivity index (χ1n) is 8.52. The molecule has 0 aliphatic heterocycles. The van der Waals surface area contributed by atoms with E-state index in [2.05, 4.69) is 20.4 Å². The second-order valence-electron chi connectivity index (χ2n) is 6.50. The second kappa shape index (κ2) is 7.76. The van der Waals surface area contributed by atoms with Gasteiger partial charge in [0, 0.05) is 24.7 Å². The number of aromatic nitrogens is 1. The Bertz CT molecular complexity index is 641. The molecule has 2 N–H and O–H groups in total. The van der Waals surface area contributed by atoms with Crippen LogP contribution >= 0.6 is 0 Å². The van der Waals surface area contributed by atoms with Crippen LogP contribution in [-0.2, 0) is 11.3 Å². The Labute approximate surface area is 144 Å². The minimum absolute atomic E-state index is 0.0991. The highest BCUT2D eigenvalue weighted by molar-refractivity contribution is 5.96. The van der Waals surface area contributed by atoms with Crippen LogP contribution in [0.25, 0.3) is 0 Å². The normalized spacial score (nSPS) is 25.6. The molecule has 6 nitrogen and oxygen atoms in total. The number of amides is 2. The van der Waals surface area contributed by atoms with Crippen molar-refractivity contribution in [3.8, 4) is 5.88 Å². The molecular formula is C17H21F2N3O3. The zero-order chi connectivity index (χ0) is 17.8. The van der Waals surface area contributed by atoms with Gasteiger partial charge in [0.25, 0.3) is 0 Å². The van der Waals surface area contributed by atoms with Gasteiger partial charge in [0.1, 0.15) is 0 Å². The Morgan fingerprint density at radius 3 is 2.92 bits per heavy atom. The molecule has 0 bridgehead atoms. The molecule has 2 saturated carbocycles. The lowest BCUT2D eigenvalue weighted by atomic mass is 9.65. The molecule has 8 heteroatoms. The number of nitrogens with zero attached hydrogens (tertiary/aromatic N) is 1. The quantitative estimate of drug-likeness (QED) is 0.853. The molecule has 136 valence electrons. The highest BCUT2D eigenvalue weighted by atomic mass is 19.3. The van der Waals surface area contributed by atoms with Gasteiger partial charge in [-0.2, -0.15) is 8.78 Å². The second-order valence-corrected chi connectivity index (χ2v) is 6.50. The topological polar surface area (TPSA) is 80.3 Å². The number of carbonyl (C=O) groups excluding carboxylic acids is 2. The Morgan fingerprint density at radius 1 is 1.32 bits per heavy atom. The number of ketones is 1. The maximum Gasteiger partial charge on any atom is 0.388 e. The largest absolute Gasteiger partial charge is 0.417 e. The summed E-state index contributed by atoms with van der Waals surface area (Å²) < 4.78 is 28.6. The first-order chi connectivity index (χ1) is 12.0. The van der Waals surface area contributed by atoms with Crippen molar-refractivity contribution in [3.63, 3.8) is 0 Å². The van der Waals surface area contributed by atoms with Crippen LogP contribution in [0.15, 0.2) is 18.3 Å². The number of carbonyl (C=O) groups is 2. The molecule has 0 unspecified atom stereocenters. The Kier molecular flexibility index (Phi) is 5.45. The fourth-order valence-corrected chi connectivity index (χ4v) is 3.68. The van der Waals surface area contributed by atoms with Gasteiger partial charge in [-0.1, -0.05) is 19.3 Å². The fourth-order valence-electron chi connectivity index (χ4n) is 3.68. The number of hydrogen-bond acceptors (Lipinski definition) is 4. The summed E-state index contributed by atoms with van der Waals surface area (Å²) in [5.74, 6) is 0.263. The standard InChI is InChI=1S/C17H21F2N3O3/c18-16(19)25-13-8-10(6-7-20-13)9-21-17(24)22-14-11-4-2-1-3-5-12(11)15(14)23/h6-8,11-12,14,16H,1-5,9H2,(H2,21,22,24)/t11-,12-,14-/m1/s1.